The van der Waals surface area contributed by atoms with Crippen molar-refractivity contribution in [2.45, 2.75) is 45.4 Å². The molecule has 1 aliphatic rings. The van der Waals surface area contributed by atoms with Gasteiger partial charge in [0.1, 0.15) is 0 Å². The molecule has 3 nitrogen and oxygen atoms in total. The largest absolute Gasteiger partial charge is 0.376 e. The lowest BCUT2D eigenvalue weighted by molar-refractivity contribution is 0.0104. The molecule has 0 aromatic heterocycles. The zero-order valence-electron chi connectivity index (χ0n) is 11.9. The van der Waals surface area contributed by atoms with E-state index < -0.39 is 0 Å². The zero-order valence-corrected chi connectivity index (χ0v) is 11.9. The van der Waals surface area contributed by atoms with Crippen molar-refractivity contribution < 1.29 is 9.47 Å². The van der Waals surface area contributed by atoms with Crippen molar-refractivity contribution in [2.24, 2.45) is 0 Å². The van der Waals surface area contributed by atoms with Gasteiger partial charge in [-0.25, -0.2) is 0 Å². The van der Waals surface area contributed by atoms with Crippen molar-refractivity contribution in [1.29, 1.82) is 0 Å². The second-order valence-electron chi connectivity index (χ2n) is 5.10. The number of rotatable bonds is 8. The molecule has 1 aliphatic heterocycles. The molecule has 0 radical (unpaired) electrons. The van der Waals surface area contributed by atoms with Gasteiger partial charge in [-0.2, -0.15) is 0 Å². The first-order valence-electron chi connectivity index (χ1n) is 7.37. The van der Waals surface area contributed by atoms with Gasteiger partial charge < -0.3 is 14.8 Å². The summed E-state index contributed by atoms with van der Waals surface area (Å²) < 4.78 is 11.4. The van der Waals surface area contributed by atoms with Crippen LogP contribution in [0.25, 0.3) is 0 Å². The van der Waals surface area contributed by atoms with Gasteiger partial charge in [0, 0.05) is 13.2 Å². The number of hydrogen-bond acceptors (Lipinski definition) is 3. The van der Waals surface area contributed by atoms with Crippen molar-refractivity contribution in [2.75, 3.05) is 19.8 Å². The first-order valence-corrected chi connectivity index (χ1v) is 7.37. The van der Waals surface area contributed by atoms with Crippen molar-refractivity contribution in [3.8, 4) is 0 Å². The van der Waals surface area contributed by atoms with Gasteiger partial charge in [0.25, 0.3) is 0 Å². The van der Waals surface area contributed by atoms with E-state index in [1.54, 1.807) is 0 Å². The Hall–Kier alpha value is -0.900. The Morgan fingerprint density at radius 3 is 2.89 bits per heavy atom. The quantitative estimate of drug-likeness (QED) is 0.732. The van der Waals surface area contributed by atoms with Gasteiger partial charge in [-0.1, -0.05) is 31.2 Å². The highest BCUT2D eigenvalue weighted by Gasteiger charge is 2.15. The molecule has 3 heteroatoms. The summed E-state index contributed by atoms with van der Waals surface area (Å²) in [6.07, 6.45) is 3.79. The molecular formula is C16H25NO2. The first kappa shape index (κ1) is 14.5. The van der Waals surface area contributed by atoms with Crippen molar-refractivity contribution in [3.05, 3.63) is 35.4 Å². The average Bonchev–Trinajstić information content (AvgIpc) is 2.94. The maximum absolute atomic E-state index is 5.80. The smallest absolute Gasteiger partial charge is 0.0809 e. The minimum atomic E-state index is 0.311. The summed E-state index contributed by atoms with van der Waals surface area (Å²) >= 11 is 0. The fraction of sp³-hybridized carbons (Fsp3) is 0.625. The zero-order chi connectivity index (χ0) is 13.3. The number of ether oxygens (including phenoxy) is 2. The number of hydrogen-bond donors (Lipinski definition) is 1. The molecule has 2 rings (SSSR count). The van der Waals surface area contributed by atoms with E-state index in [0.717, 1.165) is 39.1 Å². The van der Waals surface area contributed by atoms with E-state index in [1.165, 1.54) is 17.5 Å². The highest BCUT2D eigenvalue weighted by molar-refractivity contribution is 5.26. The Kier molecular flexibility index (Phi) is 6.34. The van der Waals surface area contributed by atoms with Gasteiger partial charge in [-0.3, -0.25) is 0 Å². The fourth-order valence-electron chi connectivity index (χ4n) is 2.35. The van der Waals surface area contributed by atoms with Crippen LogP contribution in [0.5, 0.6) is 0 Å². The van der Waals surface area contributed by atoms with E-state index in [-0.39, 0.29) is 0 Å². The standard InChI is InChI=1S/C16H25NO2/c1-2-9-17-11-14-6-3-4-7-15(14)12-18-13-16-8-5-10-19-16/h3-4,6-7,16-17H,2,5,8-13H2,1H3. The SMILES string of the molecule is CCCNCc1ccccc1COCC1CCCO1. The molecule has 1 fully saturated rings. The van der Waals surface area contributed by atoms with Crippen LogP contribution in [0.2, 0.25) is 0 Å². The predicted molar refractivity (Wildman–Crippen MR) is 77.1 cm³/mol. The van der Waals surface area contributed by atoms with Crippen LogP contribution in [0.3, 0.4) is 0 Å². The van der Waals surface area contributed by atoms with E-state index >= 15 is 0 Å². The molecule has 1 aromatic rings. The summed E-state index contributed by atoms with van der Waals surface area (Å²) in [5.41, 5.74) is 2.62. The second kappa shape index (κ2) is 8.31. The van der Waals surface area contributed by atoms with Crippen LogP contribution in [0.1, 0.15) is 37.3 Å². The van der Waals surface area contributed by atoms with E-state index in [2.05, 4.69) is 36.5 Å². The van der Waals surface area contributed by atoms with E-state index in [4.69, 9.17) is 9.47 Å². The third-order valence-corrected chi connectivity index (χ3v) is 3.45. The first-order chi connectivity index (χ1) is 9.40. The molecule has 0 amide bonds. The van der Waals surface area contributed by atoms with Crippen LogP contribution in [0.15, 0.2) is 24.3 Å². The number of nitrogens with one attached hydrogen (secondary N) is 1. The Balaban J connectivity index is 1.77. The minimum absolute atomic E-state index is 0.311. The molecule has 1 atom stereocenters. The molecule has 106 valence electrons. The molecule has 0 aliphatic carbocycles. The number of benzene rings is 1. The normalized spacial score (nSPS) is 18.9. The average molecular weight is 263 g/mol. The maximum Gasteiger partial charge on any atom is 0.0809 e. The molecule has 1 N–H and O–H groups in total. The molecule has 1 heterocycles. The highest BCUT2D eigenvalue weighted by atomic mass is 16.5. The monoisotopic (exact) mass is 263 g/mol. The van der Waals surface area contributed by atoms with Gasteiger partial charge in [0.15, 0.2) is 0 Å². The van der Waals surface area contributed by atoms with Crippen molar-refractivity contribution in [1.82, 2.24) is 5.32 Å². The Bertz CT molecular complexity index is 362. The lowest BCUT2D eigenvalue weighted by Gasteiger charge is -2.13. The van der Waals surface area contributed by atoms with Gasteiger partial charge >= 0.3 is 0 Å². The second-order valence-corrected chi connectivity index (χ2v) is 5.10. The Morgan fingerprint density at radius 2 is 2.16 bits per heavy atom. The molecule has 1 aromatic carbocycles. The lowest BCUT2D eigenvalue weighted by Crippen LogP contribution is -2.17. The van der Waals surface area contributed by atoms with E-state index in [9.17, 15) is 0 Å². The summed E-state index contributed by atoms with van der Waals surface area (Å²) in [6.45, 7) is 6.47. The fourth-order valence-corrected chi connectivity index (χ4v) is 2.35. The summed E-state index contributed by atoms with van der Waals surface area (Å²) in [5, 5.41) is 3.44. The predicted octanol–water partition coefficient (Wildman–Crippen LogP) is 2.88. The van der Waals surface area contributed by atoms with Gasteiger partial charge in [-0.05, 0) is 36.9 Å². The third-order valence-electron chi connectivity index (χ3n) is 3.45. The van der Waals surface area contributed by atoms with Gasteiger partial charge in [0.05, 0.1) is 19.3 Å². The van der Waals surface area contributed by atoms with Crippen LogP contribution in [0.4, 0.5) is 0 Å². The summed E-state index contributed by atoms with van der Waals surface area (Å²) in [5.74, 6) is 0. The van der Waals surface area contributed by atoms with E-state index in [0.29, 0.717) is 12.7 Å². The third kappa shape index (κ3) is 4.94. The topological polar surface area (TPSA) is 30.5 Å². The minimum Gasteiger partial charge on any atom is -0.376 e. The molecular weight excluding hydrogens is 238 g/mol. The van der Waals surface area contributed by atoms with Crippen LogP contribution >= 0.6 is 0 Å². The van der Waals surface area contributed by atoms with Gasteiger partial charge in [-0.15, -0.1) is 0 Å². The Labute approximate surface area is 116 Å². The van der Waals surface area contributed by atoms with Crippen LogP contribution in [-0.4, -0.2) is 25.9 Å². The summed E-state index contributed by atoms with van der Waals surface area (Å²) in [7, 11) is 0. The molecule has 19 heavy (non-hydrogen) atoms. The van der Waals surface area contributed by atoms with Gasteiger partial charge in [0.2, 0.25) is 0 Å². The van der Waals surface area contributed by atoms with Crippen molar-refractivity contribution in [3.63, 3.8) is 0 Å². The lowest BCUT2D eigenvalue weighted by atomic mass is 10.1. The molecule has 1 saturated heterocycles. The molecule has 0 bridgehead atoms. The van der Waals surface area contributed by atoms with E-state index in [1.807, 2.05) is 0 Å². The molecule has 1 unspecified atom stereocenters. The maximum atomic E-state index is 5.80. The Morgan fingerprint density at radius 1 is 1.32 bits per heavy atom. The van der Waals surface area contributed by atoms with Crippen molar-refractivity contribution >= 4 is 0 Å². The molecule has 0 spiro atoms. The summed E-state index contributed by atoms with van der Waals surface area (Å²) in [6, 6.07) is 8.49. The van der Waals surface area contributed by atoms with Crippen LogP contribution in [0, 0.1) is 0 Å². The summed E-state index contributed by atoms with van der Waals surface area (Å²) in [4.78, 5) is 0. The highest BCUT2D eigenvalue weighted by Crippen LogP contribution is 2.14. The van der Waals surface area contributed by atoms with Crippen LogP contribution < -0.4 is 5.32 Å². The van der Waals surface area contributed by atoms with Crippen LogP contribution in [-0.2, 0) is 22.6 Å². The molecule has 0 saturated carbocycles.